The van der Waals surface area contributed by atoms with E-state index in [0.29, 0.717) is 10.6 Å². The van der Waals surface area contributed by atoms with Crippen LogP contribution in [0.1, 0.15) is 56.8 Å². The molecule has 21 heavy (non-hydrogen) atoms. The fraction of sp³-hybridized carbons (Fsp3) is 0.733. The molecule has 6 heteroatoms. The van der Waals surface area contributed by atoms with Crippen LogP contribution in [0.5, 0.6) is 0 Å². The standard InChI is InChI=1S/C15H27N5S/c1-10(2)12-18-13(11(3)14(19-12)20-16)17-9-15(21-4)7-5-6-8-15/h10H,5-9,16H2,1-4H3,(H2,17,18,19,20). The minimum atomic E-state index is 0.277. The van der Waals surface area contributed by atoms with Crippen molar-refractivity contribution in [3.63, 3.8) is 0 Å². The summed E-state index contributed by atoms with van der Waals surface area (Å²) in [5, 5.41) is 3.55. The van der Waals surface area contributed by atoms with Gasteiger partial charge in [-0.3, -0.25) is 0 Å². The lowest BCUT2D eigenvalue weighted by Crippen LogP contribution is -2.30. The van der Waals surface area contributed by atoms with Crippen LogP contribution in [0.15, 0.2) is 0 Å². The first-order valence-electron chi connectivity index (χ1n) is 7.65. The molecule has 0 amide bonds. The maximum Gasteiger partial charge on any atom is 0.148 e. The van der Waals surface area contributed by atoms with Gasteiger partial charge in [-0.1, -0.05) is 26.7 Å². The number of aromatic nitrogens is 2. The van der Waals surface area contributed by atoms with E-state index in [9.17, 15) is 0 Å². The zero-order valence-corrected chi connectivity index (χ0v) is 14.3. The zero-order chi connectivity index (χ0) is 15.5. The van der Waals surface area contributed by atoms with Crippen LogP contribution in [-0.2, 0) is 0 Å². The van der Waals surface area contributed by atoms with Crippen LogP contribution >= 0.6 is 11.8 Å². The number of hydrazine groups is 1. The number of hydrogen-bond donors (Lipinski definition) is 3. The van der Waals surface area contributed by atoms with E-state index in [0.717, 1.165) is 23.8 Å². The number of thioether (sulfide) groups is 1. The Hall–Kier alpha value is -1.01. The topological polar surface area (TPSA) is 75.9 Å². The third-order valence-electron chi connectivity index (χ3n) is 4.34. The number of nitrogen functional groups attached to an aromatic ring is 1. The van der Waals surface area contributed by atoms with Crippen molar-refractivity contribution in [2.45, 2.75) is 57.1 Å². The van der Waals surface area contributed by atoms with Crippen LogP contribution in [0, 0.1) is 6.92 Å². The van der Waals surface area contributed by atoms with Crippen molar-refractivity contribution in [1.29, 1.82) is 0 Å². The molecule has 4 N–H and O–H groups in total. The monoisotopic (exact) mass is 309 g/mol. The quantitative estimate of drug-likeness (QED) is 0.553. The van der Waals surface area contributed by atoms with Crippen molar-refractivity contribution in [3.8, 4) is 0 Å². The Morgan fingerprint density at radius 2 is 1.86 bits per heavy atom. The van der Waals surface area contributed by atoms with Gasteiger partial charge in [0, 0.05) is 22.8 Å². The van der Waals surface area contributed by atoms with Gasteiger partial charge in [-0.15, -0.1) is 0 Å². The summed E-state index contributed by atoms with van der Waals surface area (Å²) in [6, 6.07) is 0. The Morgan fingerprint density at radius 3 is 2.38 bits per heavy atom. The molecule has 0 saturated heterocycles. The number of nitrogens with two attached hydrogens (primary N) is 1. The van der Waals surface area contributed by atoms with Crippen LogP contribution in [0.25, 0.3) is 0 Å². The molecular formula is C15H27N5S. The molecule has 0 aliphatic heterocycles. The fourth-order valence-electron chi connectivity index (χ4n) is 2.82. The molecule has 2 rings (SSSR count). The van der Waals surface area contributed by atoms with Gasteiger partial charge < -0.3 is 10.7 Å². The lowest BCUT2D eigenvalue weighted by Gasteiger charge is -2.28. The molecule has 1 aliphatic carbocycles. The van der Waals surface area contributed by atoms with Gasteiger partial charge in [0.05, 0.1) is 0 Å². The van der Waals surface area contributed by atoms with Crippen LogP contribution in [0.4, 0.5) is 11.6 Å². The predicted octanol–water partition coefficient (Wildman–Crippen LogP) is 3.28. The lowest BCUT2D eigenvalue weighted by atomic mass is 10.1. The van der Waals surface area contributed by atoms with E-state index in [1.54, 1.807) is 0 Å². The Kier molecular flexibility index (Phi) is 5.32. The highest BCUT2D eigenvalue weighted by molar-refractivity contribution is 8.00. The van der Waals surface area contributed by atoms with Crippen LogP contribution in [0.2, 0.25) is 0 Å². The predicted molar refractivity (Wildman–Crippen MR) is 91.9 cm³/mol. The van der Waals surface area contributed by atoms with E-state index in [-0.39, 0.29) is 5.92 Å². The minimum Gasteiger partial charge on any atom is -0.368 e. The molecule has 0 radical (unpaired) electrons. The van der Waals surface area contributed by atoms with Gasteiger partial charge in [0.1, 0.15) is 17.5 Å². The highest BCUT2D eigenvalue weighted by Crippen LogP contribution is 2.40. The number of nitrogens with one attached hydrogen (secondary N) is 2. The summed E-state index contributed by atoms with van der Waals surface area (Å²) >= 11 is 1.98. The minimum absolute atomic E-state index is 0.277. The fourth-order valence-corrected chi connectivity index (χ4v) is 3.74. The Bertz CT molecular complexity index is 483. The second-order valence-corrected chi connectivity index (χ2v) is 7.43. The van der Waals surface area contributed by atoms with Crippen molar-refractivity contribution < 1.29 is 0 Å². The first-order valence-corrected chi connectivity index (χ1v) is 8.88. The molecule has 1 fully saturated rings. The highest BCUT2D eigenvalue weighted by atomic mass is 32.2. The highest BCUT2D eigenvalue weighted by Gasteiger charge is 2.33. The van der Waals surface area contributed by atoms with Gasteiger partial charge in [0.15, 0.2) is 0 Å². The first-order chi connectivity index (χ1) is 10.0. The molecule has 1 aliphatic rings. The maximum atomic E-state index is 5.59. The number of anilines is 2. The Morgan fingerprint density at radius 1 is 1.24 bits per heavy atom. The van der Waals surface area contributed by atoms with Crippen molar-refractivity contribution >= 4 is 23.4 Å². The molecule has 1 aromatic rings. The van der Waals surface area contributed by atoms with Crippen molar-refractivity contribution in [2.75, 3.05) is 23.5 Å². The molecule has 0 atom stereocenters. The third-order valence-corrected chi connectivity index (χ3v) is 5.76. The summed E-state index contributed by atoms with van der Waals surface area (Å²) in [6.45, 7) is 7.14. The second kappa shape index (κ2) is 6.83. The number of rotatable bonds is 6. The molecule has 0 aromatic carbocycles. The summed E-state index contributed by atoms with van der Waals surface area (Å²) in [7, 11) is 0. The Labute approximate surface area is 131 Å². The smallest absolute Gasteiger partial charge is 0.148 e. The average Bonchev–Trinajstić information content (AvgIpc) is 2.95. The van der Waals surface area contributed by atoms with Gasteiger partial charge in [-0.2, -0.15) is 11.8 Å². The third kappa shape index (κ3) is 3.61. The van der Waals surface area contributed by atoms with E-state index in [4.69, 9.17) is 5.84 Å². The zero-order valence-electron chi connectivity index (χ0n) is 13.5. The normalized spacial score (nSPS) is 17.2. The van der Waals surface area contributed by atoms with Gasteiger partial charge in [0.25, 0.3) is 0 Å². The van der Waals surface area contributed by atoms with Crippen molar-refractivity contribution in [3.05, 3.63) is 11.4 Å². The van der Waals surface area contributed by atoms with E-state index in [1.165, 1.54) is 25.7 Å². The van der Waals surface area contributed by atoms with Gasteiger partial charge >= 0.3 is 0 Å². The molecule has 118 valence electrons. The first kappa shape index (κ1) is 16.4. The van der Waals surface area contributed by atoms with Crippen LogP contribution < -0.4 is 16.6 Å². The maximum absolute atomic E-state index is 5.59. The molecule has 5 nitrogen and oxygen atoms in total. The van der Waals surface area contributed by atoms with Crippen molar-refractivity contribution in [2.24, 2.45) is 5.84 Å². The van der Waals surface area contributed by atoms with Crippen molar-refractivity contribution in [1.82, 2.24) is 9.97 Å². The molecule has 0 unspecified atom stereocenters. The van der Waals surface area contributed by atoms with Gasteiger partial charge in [-0.25, -0.2) is 15.8 Å². The van der Waals surface area contributed by atoms with E-state index >= 15 is 0 Å². The van der Waals surface area contributed by atoms with Crippen LogP contribution in [-0.4, -0.2) is 27.5 Å². The van der Waals surface area contributed by atoms with E-state index in [1.807, 2.05) is 18.7 Å². The molecule has 1 aromatic heterocycles. The molecule has 1 saturated carbocycles. The van der Waals surface area contributed by atoms with Gasteiger partial charge in [-0.05, 0) is 26.0 Å². The molecule has 0 bridgehead atoms. The lowest BCUT2D eigenvalue weighted by molar-refractivity contribution is 0.637. The number of nitrogens with zero attached hydrogens (tertiary/aromatic N) is 2. The summed E-state index contributed by atoms with van der Waals surface area (Å²) < 4.78 is 0.353. The SMILES string of the molecule is CSC1(CNc2nc(C(C)C)nc(NN)c2C)CCCC1. The summed E-state index contributed by atoms with van der Waals surface area (Å²) in [6.07, 6.45) is 7.44. The van der Waals surface area contributed by atoms with E-state index < -0.39 is 0 Å². The van der Waals surface area contributed by atoms with Gasteiger partial charge in [0.2, 0.25) is 0 Å². The second-order valence-electron chi connectivity index (χ2n) is 6.15. The summed E-state index contributed by atoms with van der Waals surface area (Å²) in [5.41, 5.74) is 3.67. The molecule has 1 heterocycles. The largest absolute Gasteiger partial charge is 0.368 e. The van der Waals surface area contributed by atoms with Crippen LogP contribution in [0.3, 0.4) is 0 Å². The molecular weight excluding hydrogens is 282 g/mol. The summed E-state index contributed by atoms with van der Waals surface area (Å²) in [5.74, 6) is 8.30. The average molecular weight is 309 g/mol. The Balaban J connectivity index is 2.20. The van der Waals surface area contributed by atoms with E-state index in [2.05, 4.69) is 40.8 Å². The molecule has 0 spiro atoms. The summed E-state index contributed by atoms with van der Waals surface area (Å²) in [4.78, 5) is 9.16. The number of hydrogen-bond acceptors (Lipinski definition) is 6.